The Morgan fingerprint density at radius 3 is 2.72 bits per heavy atom. The van der Waals surface area contributed by atoms with Gasteiger partial charge in [0.1, 0.15) is 5.75 Å². The standard InChI is InChI=1S/C15H22N2O/c16-12-15(17-9-4-1-5-10-17)8-11-18-14-7-3-2-6-13(14)15/h2-3,6-7H,1,4-5,8-12,16H2. The highest BCUT2D eigenvalue weighted by atomic mass is 16.5. The Morgan fingerprint density at radius 1 is 1.17 bits per heavy atom. The molecule has 0 saturated carbocycles. The number of fused-ring (bicyclic) bond motifs is 1. The maximum absolute atomic E-state index is 6.19. The molecule has 0 radical (unpaired) electrons. The molecule has 1 aromatic rings. The lowest BCUT2D eigenvalue weighted by molar-refractivity contribution is 0.0332. The fraction of sp³-hybridized carbons (Fsp3) is 0.600. The zero-order valence-corrected chi connectivity index (χ0v) is 10.9. The molecule has 3 rings (SSSR count). The molecule has 0 amide bonds. The van der Waals surface area contributed by atoms with Gasteiger partial charge in [-0.05, 0) is 32.0 Å². The molecule has 18 heavy (non-hydrogen) atoms. The summed E-state index contributed by atoms with van der Waals surface area (Å²) >= 11 is 0. The van der Waals surface area contributed by atoms with Crippen LogP contribution >= 0.6 is 0 Å². The van der Waals surface area contributed by atoms with Gasteiger partial charge in [-0.25, -0.2) is 0 Å². The fourth-order valence-corrected chi connectivity index (χ4v) is 3.43. The molecule has 1 aromatic carbocycles. The van der Waals surface area contributed by atoms with Gasteiger partial charge in [0.15, 0.2) is 0 Å². The third-order valence-electron chi connectivity index (χ3n) is 4.46. The van der Waals surface area contributed by atoms with Crippen LogP contribution < -0.4 is 10.5 Å². The van der Waals surface area contributed by atoms with Gasteiger partial charge < -0.3 is 10.5 Å². The van der Waals surface area contributed by atoms with Crippen LogP contribution in [0, 0.1) is 0 Å². The Bertz CT molecular complexity index is 415. The molecule has 0 bridgehead atoms. The van der Waals surface area contributed by atoms with E-state index < -0.39 is 0 Å². The van der Waals surface area contributed by atoms with Crippen LogP contribution in [0.4, 0.5) is 0 Å². The lowest BCUT2D eigenvalue weighted by Gasteiger charge is -2.48. The Kier molecular flexibility index (Phi) is 3.27. The molecule has 1 unspecified atom stereocenters. The summed E-state index contributed by atoms with van der Waals surface area (Å²) in [6, 6.07) is 8.41. The summed E-state index contributed by atoms with van der Waals surface area (Å²) in [6.07, 6.45) is 4.96. The molecule has 1 fully saturated rings. The van der Waals surface area contributed by atoms with Crippen molar-refractivity contribution in [2.24, 2.45) is 5.73 Å². The second-order valence-electron chi connectivity index (χ2n) is 5.38. The second-order valence-corrected chi connectivity index (χ2v) is 5.38. The molecule has 0 aromatic heterocycles. The van der Waals surface area contributed by atoms with Gasteiger partial charge in [-0.3, -0.25) is 4.90 Å². The maximum Gasteiger partial charge on any atom is 0.124 e. The summed E-state index contributed by atoms with van der Waals surface area (Å²) in [5.41, 5.74) is 7.49. The van der Waals surface area contributed by atoms with E-state index in [0.717, 1.165) is 18.8 Å². The highest BCUT2D eigenvalue weighted by Crippen LogP contribution is 2.41. The van der Waals surface area contributed by atoms with Crippen LogP contribution in [0.2, 0.25) is 0 Å². The van der Waals surface area contributed by atoms with Crippen LogP contribution in [0.25, 0.3) is 0 Å². The van der Waals surface area contributed by atoms with Crippen molar-refractivity contribution in [3.8, 4) is 5.75 Å². The molecular weight excluding hydrogens is 224 g/mol. The second kappa shape index (κ2) is 4.90. The predicted molar refractivity (Wildman–Crippen MR) is 72.7 cm³/mol. The van der Waals surface area contributed by atoms with Crippen LogP contribution in [0.15, 0.2) is 24.3 Å². The molecule has 2 aliphatic rings. The fourth-order valence-electron chi connectivity index (χ4n) is 3.43. The first kappa shape index (κ1) is 12.0. The van der Waals surface area contributed by atoms with Crippen molar-refractivity contribution in [3.63, 3.8) is 0 Å². The Labute approximate surface area is 109 Å². The van der Waals surface area contributed by atoms with Crippen LogP contribution in [-0.4, -0.2) is 31.1 Å². The first-order valence-electron chi connectivity index (χ1n) is 7.04. The van der Waals surface area contributed by atoms with E-state index >= 15 is 0 Å². The first-order valence-corrected chi connectivity index (χ1v) is 7.04. The summed E-state index contributed by atoms with van der Waals surface area (Å²) in [7, 11) is 0. The van der Waals surface area contributed by atoms with E-state index in [2.05, 4.69) is 23.1 Å². The van der Waals surface area contributed by atoms with E-state index in [4.69, 9.17) is 10.5 Å². The molecule has 98 valence electrons. The summed E-state index contributed by atoms with van der Waals surface area (Å²) in [5, 5.41) is 0. The number of para-hydroxylation sites is 1. The van der Waals surface area contributed by atoms with Gasteiger partial charge in [0.05, 0.1) is 12.1 Å². The maximum atomic E-state index is 6.19. The SMILES string of the molecule is NCC1(N2CCCCC2)CCOc2ccccc21. The van der Waals surface area contributed by atoms with Crippen molar-refractivity contribution in [2.75, 3.05) is 26.2 Å². The summed E-state index contributed by atoms with van der Waals surface area (Å²) < 4.78 is 5.79. The average Bonchev–Trinajstić information content (AvgIpc) is 2.47. The number of benzene rings is 1. The van der Waals surface area contributed by atoms with Gasteiger partial charge in [0, 0.05) is 18.5 Å². The van der Waals surface area contributed by atoms with Gasteiger partial charge in [-0.15, -0.1) is 0 Å². The normalized spacial score (nSPS) is 28.5. The number of nitrogens with two attached hydrogens (primary N) is 1. The largest absolute Gasteiger partial charge is 0.493 e. The van der Waals surface area contributed by atoms with Crippen LogP contribution in [0.1, 0.15) is 31.2 Å². The molecule has 0 aliphatic carbocycles. The van der Waals surface area contributed by atoms with Crippen LogP contribution in [0.5, 0.6) is 5.75 Å². The minimum absolute atomic E-state index is 0.00919. The van der Waals surface area contributed by atoms with Gasteiger partial charge in [0.2, 0.25) is 0 Å². The number of piperidine rings is 1. The van der Waals surface area contributed by atoms with Crippen molar-refractivity contribution < 1.29 is 4.74 Å². The molecule has 1 atom stereocenters. The molecule has 3 heteroatoms. The molecule has 1 saturated heterocycles. The van der Waals surface area contributed by atoms with E-state index in [-0.39, 0.29) is 5.54 Å². The van der Waals surface area contributed by atoms with Gasteiger partial charge in [0.25, 0.3) is 0 Å². The van der Waals surface area contributed by atoms with E-state index in [1.54, 1.807) is 0 Å². The number of hydrogen-bond donors (Lipinski definition) is 1. The number of ether oxygens (including phenoxy) is 1. The van der Waals surface area contributed by atoms with Crippen molar-refractivity contribution in [1.82, 2.24) is 4.90 Å². The van der Waals surface area contributed by atoms with E-state index in [1.807, 2.05) is 6.07 Å². The van der Waals surface area contributed by atoms with Crippen molar-refractivity contribution in [3.05, 3.63) is 29.8 Å². The smallest absolute Gasteiger partial charge is 0.124 e. The Hall–Kier alpha value is -1.06. The van der Waals surface area contributed by atoms with Gasteiger partial charge in [-0.1, -0.05) is 24.6 Å². The quantitative estimate of drug-likeness (QED) is 0.868. The monoisotopic (exact) mass is 246 g/mol. The third kappa shape index (κ3) is 1.82. The van der Waals surface area contributed by atoms with E-state index in [1.165, 1.54) is 37.9 Å². The lowest BCUT2D eigenvalue weighted by atomic mass is 9.81. The molecule has 0 spiro atoms. The predicted octanol–water partition coefficient (Wildman–Crippen LogP) is 2.11. The molecular formula is C15H22N2O. The van der Waals surface area contributed by atoms with Gasteiger partial charge in [-0.2, -0.15) is 0 Å². The molecule has 2 N–H and O–H groups in total. The molecule has 2 aliphatic heterocycles. The topological polar surface area (TPSA) is 38.5 Å². The van der Waals surface area contributed by atoms with Crippen molar-refractivity contribution in [2.45, 2.75) is 31.2 Å². The third-order valence-corrected chi connectivity index (χ3v) is 4.46. The summed E-state index contributed by atoms with van der Waals surface area (Å²) in [6.45, 7) is 3.81. The molecule has 3 nitrogen and oxygen atoms in total. The first-order chi connectivity index (χ1) is 8.87. The minimum atomic E-state index is 0.00919. The Morgan fingerprint density at radius 2 is 1.94 bits per heavy atom. The number of likely N-dealkylation sites (tertiary alicyclic amines) is 1. The van der Waals surface area contributed by atoms with E-state index in [9.17, 15) is 0 Å². The zero-order chi connectivity index (χ0) is 12.4. The summed E-state index contributed by atoms with van der Waals surface area (Å²) in [4.78, 5) is 2.60. The van der Waals surface area contributed by atoms with Crippen molar-refractivity contribution in [1.29, 1.82) is 0 Å². The van der Waals surface area contributed by atoms with Gasteiger partial charge >= 0.3 is 0 Å². The lowest BCUT2D eigenvalue weighted by Crippen LogP contribution is -2.55. The average molecular weight is 246 g/mol. The number of nitrogens with zero attached hydrogens (tertiary/aromatic N) is 1. The highest BCUT2D eigenvalue weighted by Gasteiger charge is 2.41. The number of hydrogen-bond acceptors (Lipinski definition) is 3. The zero-order valence-electron chi connectivity index (χ0n) is 10.9. The van der Waals surface area contributed by atoms with E-state index in [0.29, 0.717) is 6.54 Å². The summed E-state index contributed by atoms with van der Waals surface area (Å²) in [5.74, 6) is 1.03. The van der Waals surface area contributed by atoms with Crippen LogP contribution in [0.3, 0.4) is 0 Å². The number of rotatable bonds is 2. The highest BCUT2D eigenvalue weighted by molar-refractivity contribution is 5.41. The Balaban J connectivity index is 2.01. The van der Waals surface area contributed by atoms with Crippen molar-refractivity contribution >= 4 is 0 Å². The molecule has 2 heterocycles. The van der Waals surface area contributed by atoms with Crippen LogP contribution in [-0.2, 0) is 5.54 Å². The minimum Gasteiger partial charge on any atom is -0.493 e.